The molecule has 0 heterocycles. The first-order chi connectivity index (χ1) is 10.3. The lowest BCUT2D eigenvalue weighted by molar-refractivity contribution is 0.316. The fourth-order valence-corrected chi connectivity index (χ4v) is 3.31. The predicted molar refractivity (Wildman–Crippen MR) is 86.3 cm³/mol. The van der Waals surface area contributed by atoms with Crippen molar-refractivity contribution in [1.29, 1.82) is 0 Å². The number of oxime groups is 1. The molecule has 108 valence electrons. The van der Waals surface area contributed by atoms with Crippen LogP contribution in [0, 0.1) is 0 Å². The molecule has 0 saturated carbocycles. The van der Waals surface area contributed by atoms with Gasteiger partial charge in [-0.3, -0.25) is 0 Å². The van der Waals surface area contributed by atoms with E-state index >= 15 is 0 Å². The molecule has 2 heteroatoms. The van der Waals surface area contributed by atoms with Crippen LogP contribution in [0.4, 0.5) is 0 Å². The largest absolute Gasteiger partial charge is 0.411 e. The minimum atomic E-state index is 0.195. The van der Waals surface area contributed by atoms with Gasteiger partial charge in [0.25, 0.3) is 0 Å². The number of aryl methyl sites for hydroxylation is 2. The molecular formula is C19H21NO. The monoisotopic (exact) mass is 279 g/mol. The van der Waals surface area contributed by atoms with Gasteiger partial charge in [0.15, 0.2) is 0 Å². The van der Waals surface area contributed by atoms with Crippen LogP contribution >= 0.6 is 0 Å². The molecule has 0 aromatic heterocycles. The molecule has 1 atom stereocenters. The van der Waals surface area contributed by atoms with Gasteiger partial charge in [-0.25, -0.2) is 0 Å². The smallest absolute Gasteiger partial charge is 0.0945 e. The molecule has 2 aromatic carbocycles. The molecule has 1 aliphatic rings. The van der Waals surface area contributed by atoms with Crippen molar-refractivity contribution >= 4 is 5.71 Å². The van der Waals surface area contributed by atoms with Crippen LogP contribution in [0.5, 0.6) is 0 Å². The van der Waals surface area contributed by atoms with Gasteiger partial charge in [-0.05, 0) is 36.0 Å². The van der Waals surface area contributed by atoms with E-state index in [1.165, 1.54) is 16.7 Å². The van der Waals surface area contributed by atoms with Gasteiger partial charge in [-0.2, -0.15) is 0 Å². The van der Waals surface area contributed by atoms with Gasteiger partial charge in [0.2, 0.25) is 0 Å². The highest BCUT2D eigenvalue weighted by atomic mass is 16.4. The summed E-state index contributed by atoms with van der Waals surface area (Å²) in [5.41, 5.74) is 5.85. The van der Waals surface area contributed by atoms with E-state index in [4.69, 9.17) is 0 Å². The second kappa shape index (κ2) is 6.13. The molecule has 0 bridgehead atoms. The average Bonchev–Trinajstić information content (AvgIpc) is 2.54. The van der Waals surface area contributed by atoms with Crippen LogP contribution in [0.3, 0.4) is 0 Å². The molecule has 0 unspecified atom stereocenters. The second-order valence-electron chi connectivity index (χ2n) is 5.73. The zero-order valence-electron chi connectivity index (χ0n) is 12.4. The van der Waals surface area contributed by atoms with E-state index in [0.717, 1.165) is 37.0 Å². The van der Waals surface area contributed by atoms with Crippen molar-refractivity contribution in [3.05, 3.63) is 70.8 Å². The lowest BCUT2D eigenvalue weighted by Gasteiger charge is -2.26. The van der Waals surface area contributed by atoms with Crippen LogP contribution in [0.15, 0.2) is 53.7 Å². The summed E-state index contributed by atoms with van der Waals surface area (Å²) in [6.45, 7) is 2.20. The molecule has 0 radical (unpaired) electrons. The first kappa shape index (κ1) is 13.9. The molecule has 2 aromatic rings. The Balaban J connectivity index is 1.98. The maximum atomic E-state index is 9.53. The summed E-state index contributed by atoms with van der Waals surface area (Å²) < 4.78 is 0. The summed E-state index contributed by atoms with van der Waals surface area (Å²) in [7, 11) is 0. The van der Waals surface area contributed by atoms with Crippen LogP contribution < -0.4 is 0 Å². The third-order valence-electron chi connectivity index (χ3n) is 4.33. The molecule has 0 fully saturated rings. The number of fused-ring (bicyclic) bond motifs is 1. The molecule has 3 rings (SSSR count). The van der Waals surface area contributed by atoms with Gasteiger partial charge in [0.05, 0.1) is 5.71 Å². The lowest BCUT2D eigenvalue weighted by atomic mass is 9.78. The van der Waals surface area contributed by atoms with Crippen molar-refractivity contribution in [2.45, 2.75) is 38.5 Å². The summed E-state index contributed by atoms with van der Waals surface area (Å²) in [5, 5.41) is 13.2. The maximum absolute atomic E-state index is 9.53. The summed E-state index contributed by atoms with van der Waals surface area (Å²) in [6, 6.07) is 16.9. The van der Waals surface area contributed by atoms with Crippen molar-refractivity contribution in [1.82, 2.24) is 0 Å². The highest BCUT2D eigenvalue weighted by Crippen LogP contribution is 2.33. The van der Waals surface area contributed by atoms with Gasteiger partial charge < -0.3 is 5.21 Å². The number of nitrogens with zero attached hydrogens (tertiary/aromatic N) is 1. The van der Waals surface area contributed by atoms with E-state index in [2.05, 4.69) is 42.4 Å². The summed E-state index contributed by atoms with van der Waals surface area (Å²) in [4.78, 5) is 0. The molecular weight excluding hydrogens is 258 g/mol. The molecule has 2 nitrogen and oxygen atoms in total. The van der Waals surface area contributed by atoms with E-state index in [1.807, 2.05) is 18.2 Å². The maximum Gasteiger partial charge on any atom is 0.0945 e. The Morgan fingerprint density at radius 3 is 2.67 bits per heavy atom. The van der Waals surface area contributed by atoms with Crippen LogP contribution in [-0.2, 0) is 12.8 Å². The quantitative estimate of drug-likeness (QED) is 0.649. The van der Waals surface area contributed by atoms with E-state index < -0.39 is 0 Å². The minimum absolute atomic E-state index is 0.195. The van der Waals surface area contributed by atoms with E-state index in [9.17, 15) is 5.21 Å². The molecule has 0 aliphatic heterocycles. The standard InChI is InChI=1S/C19H21NO/c1-2-6-14-9-11-18-16(13-14)10-12-17(19(18)20-21)15-7-4-3-5-8-15/h3-5,7-9,11,13,17,21H,2,6,10,12H2,1H3/b20-19-/t17-/m0/s1. The minimum Gasteiger partial charge on any atom is -0.411 e. The van der Waals surface area contributed by atoms with E-state index in [0.29, 0.717) is 0 Å². The highest BCUT2D eigenvalue weighted by molar-refractivity contribution is 6.06. The third-order valence-corrected chi connectivity index (χ3v) is 4.33. The Hall–Kier alpha value is -2.09. The Labute approximate surface area is 126 Å². The van der Waals surface area contributed by atoms with Gasteiger partial charge in [0, 0.05) is 11.5 Å². The Bertz CT molecular complexity index is 646. The Morgan fingerprint density at radius 2 is 1.95 bits per heavy atom. The first-order valence-corrected chi connectivity index (χ1v) is 7.72. The van der Waals surface area contributed by atoms with E-state index in [1.54, 1.807) is 0 Å². The van der Waals surface area contributed by atoms with Gasteiger partial charge in [0.1, 0.15) is 0 Å². The SMILES string of the molecule is CCCc1ccc2c(c1)CC[C@@H](c1ccccc1)/C2=N/O. The molecule has 0 spiro atoms. The van der Waals surface area contributed by atoms with Crippen molar-refractivity contribution in [3.8, 4) is 0 Å². The lowest BCUT2D eigenvalue weighted by Crippen LogP contribution is -2.22. The number of benzene rings is 2. The molecule has 1 N–H and O–H groups in total. The zero-order valence-corrected chi connectivity index (χ0v) is 12.4. The summed E-state index contributed by atoms with van der Waals surface area (Å²) in [6.07, 6.45) is 4.32. The Kier molecular flexibility index (Phi) is 4.05. The van der Waals surface area contributed by atoms with Crippen LogP contribution in [0.25, 0.3) is 0 Å². The van der Waals surface area contributed by atoms with Gasteiger partial charge in [-0.1, -0.05) is 67.0 Å². The van der Waals surface area contributed by atoms with Crippen LogP contribution in [0.2, 0.25) is 0 Å². The van der Waals surface area contributed by atoms with Gasteiger partial charge in [-0.15, -0.1) is 0 Å². The molecule has 0 saturated heterocycles. The Morgan fingerprint density at radius 1 is 1.14 bits per heavy atom. The second-order valence-corrected chi connectivity index (χ2v) is 5.73. The molecule has 0 amide bonds. The fourth-order valence-electron chi connectivity index (χ4n) is 3.31. The molecule has 1 aliphatic carbocycles. The van der Waals surface area contributed by atoms with Gasteiger partial charge >= 0.3 is 0 Å². The number of hydrogen-bond donors (Lipinski definition) is 1. The van der Waals surface area contributed by atoms with Crippen molar-refractivity contribution < 1.29 is 5.21 Å². The van der Waals surface area contributed by atoms with Crippen molar-refractivity contribution in [2.75, 3.05) is 0 Å². The topological polar surface area (TPSA) is 32.6 Å². The molecule has 21 heavy (non-hydrogen) atoms. The first-order valence-electron chi connectivity index (χ1n) is 7.72. The van der Waals surface area contributed by atoms with E-state index in [-0.39, 0.29) is 5.92 Å². The number of hydrogen-bond acceptors (Lipinski definition) is 2. The van der Waals surface area contributed by atoms with Crippen molar-refractivity contribution in [2.24, 2.45) is 5.16 Å². The number of rotatable bonds is 3. The average molecular weight is 279 g/mol. The summed E-state index contributed by atoms with van der Waals surface area (Å²) in [5.74, 6) is 0.195. The highest BCUT2D eigenvalue weighted by Gasteiger charge is 2.27. The third kappa shape index (κ3) is 2.71. The van der Waals surface area contributed by atoms with Crippen LogP contribution in [0.1, 0.15) is 47.9 Å². The zero-order chi connectivity index (χ0) is 14.7. The predicted octanol–water partition coefficient (Wildman–Crippen LogP) is 4.55. The fraction of sp³-hybridized carbons (Fsp3) is 0.316. The summed E-state index contributed by atoms with van der Waals surface area (Å²) >= 11 is 0. The van der Waals surface area contributed by atoms with Crippen molar-refractivity contribution in [3.63, 3.8) is 0 Å². The van der Waals surface area contributed by atoms with Crippen LogP contribution in [-0.4, -0.2) is 10.9 Å². The normalized spacial score (nSPS) is 19.5.